The Kier molecular flexibility index (Phi) is 3.96. The van der Waals surface area contributed by atoms with Gasteiger partial charge in [0.05, 0.1) is 5.75 Å². The second kappa shape index (κ2) is 6.22. The van der Waals surface area contributed by atoms with Gasteiger partial charge < -0.3 is 4.42 Å². The maximum absolute atomic E-state index is 11.7. The summed E-state index contributed by atoms with van der Waals surface area (Å²) in [4.78, 5) is 26.7. The summed E-state index contributed by atoms with van der Waals surface area (Å²) in [7, 11) is 0. The zero-order valence-corrected chi connectivity index (χ0v) is 11.8. The SMILES string of the molecule is O=C(CSc1nnc(-c2ccncc2)o1)Nn1cn[nH]c1=O. The summed E-state index contributed by atoms with van der Waals surface area (Å²) in [6.07, 6.45) is 4.39. The van der Waals surface area contributed by atoms with Gasteiger partial charge in [-0.15, -0.1) is 10.2 Å². The van der Waals surface area contributed by atoms with Crippen molar-refractivity contribution in [3.05, 3.63) is 41.3 Å². The summed E-state index contributed by atoms with van der Waals surface area (Å²) in [5.41, 5.74) is 2.56. The van der Waals surface area contributed by atoms with Crippen LogP contribution in [0.5, 0.6) is 0 Å². The molecule has 0 atom stereocenters. The number of aromatic nitrogens is 6. The van der Waals surface area contributed by atoms with Gasteiger partial charge in [-0.05, 0) is 12.1 Å². The highest BCUT2D eigenvalue weighted by atomic mass is 32.2. The summed E-state index contributed by atoms with van der Waals surface area (Å²) in [5, 5.41) is 13.6. The van der Waals surface area contributed by atoms with Gasteiger partial charge in [-0.25, -0.2) is 9.89 Å². The maximum Gasteiger partial charge on any atom is 0.362 e. The van der Waals surface area contributed by atoms with E-state index in [9.17, 15) is 9.59 Å². The van der Waals surface area contributed by atoms with E-state index in [-0.39, 0.29) is 11.0 Å². The number of carbonyl (C=O) groups excluding carboxylic acids is 1. The van der Waals surface area contributed by atoms with Gasteiger partial charge >= 0.3 is 5.69 Å². The first-order valence-electron chi connectivity index (χ1n) is 6.01. The number of amides is 1. The lowest BCUT2D eigenvalue weighted by atomic mass is 10.3. The Labute approximate surface area is 126 Å². The van der Waals surface area contributed by atoms with Crippen molar-refractivity contribution in [2.45, 2.75) is 5.22 Å². The molecule has 2 N–H and O–H groups in total. The third-order valence-electron chi connectivity index (χ3n) is 2.46. The number of aromatic amines is 1. The van der Waals surface area contributed by atoms with Gasteiger partial charge in [-0.2, -0.15) is 9.77 Å². The summed E-state index contributed by atoms with van der Waals surface area (Å²) < 4.78 is 6.37. The minimum absolute atomic E-state index is 0.00952. The molecule has 1 amide bonds. The maximum atomic E-state index is 11.7. The zero-order valence-electron chi connectivity index (χ0n) is 11.0. The quantitative estimate of drug-likeness (QED) is 0.622. The van der Waals surface area contributed by atoms with Crippen molar-refractivity contribution in [1.29, 1.82) is 0 Å². The minimum Gasteiger partial charge on any atom is -0.411 e. The summed E-state index contributed by atoms with van der Waals surface area (Å²) in [6, 6.07) is 3.47. The molecule has 0 saturated heterocycles. The van der Waals surface area contributed by atoms with E-state index < -0.39 is 11.6 Å². The third-order valence-corrected chi connectivity index (χ3v) is 3.28. The molecule has 3 heterocycles. The molecule has 0 aliphatic heterocycles. The molecule has 0 unspecified atom stereocenters. The van der Waals surface area contributed by atoms with Crippen LogP contribution in [0.2, 0.25) is 0 Å². The number of rotatable bonds is 5. The van der Waals surface area contributed by atoms with Crippen LogP contribution in [0.25, 0.3) is 11.5 Å². The van der Waals surface area contributed by atoms with Gasteiger partial charge in [0.25, 0.3) is 5.22 Å². The van der Waals surface area contributed by atoms with Crippen LogP contribution in [0, 0.1) is 0 Å². The van der Waals surface area contributed by atoms with Gasteiger partial charge in [-0.3, -0.25) is 15.2 Å². The highest BCUT2D eigenvalue weighted by molar-refractivity contribution is 7.99. The summed E-state index contributed by atoms with van der Waals surface area (Å²) in [6.45, 7) is 0. The molecule has 3 aromatic heterocycles. The Hall–Kier alpha value is -2.95. The van der Waals surface area contributed by atoms with Crippen LogP contribution in [-0.4, -0.2) is 41.7 Å². The standard InChI is InChI=1S/C11H9N7O3S/c19-8(17-18-6-13-15-10(18)20)5-22-11-16-14-9(21-11)7-1-3-12-4-2-7/h1-4,6H,5H2,(H,15,20)(H,17,19). The highest BCUT2D eigenvalue weighted by Crippen LogP contribution is 2.22. The van der Waals surface area contributed by atoms with Crippen molar-refractivity contribution in [3.63, 3.8) is 0 Å². The van der Waals surface area contributed by atoms with Gasteiger partial charge in [0.2, 0.25) is 11.8 Å². The summed E-state index contributed by atoms with van der Waals surface area (Å²) >= 11 is 1.06. The largest absolute Gasteiger partial charge is 0.411 e. The number of hydrogen-bond donors (Lipinski definition) is 2. The van der Waals surface area contributed by atoms with Crippen molar-refractivity contribution >= 4 is 17.7 Å². The van der Waals surface area contributed by atoms with E-state index in [1.54, 1.807) is 24.5 Å². The lowest BCUT2D eigenvalue weighted by molar-refractivity contribution is -0.114. The molecule has 112 valence electrons. The molecule has 0 radical (unpaired) electrons. The minimum atomic E-state index is -0.531. The van der Waals surface area contributed by atoms with E-state index in [0.717, 1.165) is 22.0 Å². The molecule has 10 nitrogen and oxygen atoms in total. The zero-order chi connectivity index (χ0) is 15.4. The lowest BCUT2D eigenvalue weighted by Gasteiger charge is -2.01. The van der Waals surface area contributed by atoms with Gasteiger partial charge in [0.15, 0.2) is 0 Å². The van der Waals surface area contributed by atoms with E-state index in [0.29, 0.717) is 5.89 Å². The van der Waals surface area contributed by atoms with Gasteiger partial charge in [0.1, 0.15) is 6.33 Å². The number of thioether (sulfide) groups is 1. The van der Waals surface area contributed by atoms with Crippen molar-refractivity contribution in [1.82, 2.24) is 30.1 Å². The van der Waals surface area contributed by atoms with Gasteiger partial charge in [0, 0.05) is 18.0 Å². The predicted molar refractivity (Wildman–Crippen MR) is 75.5 cm³/mol. The van der Waals surface area contributed by atoms with Crippen LogP contribution < -0.4 is 11.1 Å². The molecular weight excluding hydrogens is 310 g/mol. The van der Waals surface area contributed by atoms with Crippen LogP contribution in [-0.2, 0) is 4.79 Å². The first kappa shape index (κ1) is 14.0. The normalized spacial score (nSPS) is 10.5. The number of carbonyl (C=O) groups is 1. The Bertz CT molecular complexity index is 825. The van der Waals surface area contributed by atoms with E-state index in [1.165, 1.54) is 6.33 Å². The number of nitrogens with one attached hydrogen (secondary N) is 2. The van der Waals surface area contributed by atoms with Crippen LogP contribution in [0.4, 0.5) is 0 Å². The van der Waals surface area contributed by atoms with E-state index in [4.69, 9.17) is 4.42 Å². The molecular formula is C11H9N7O3S. The van der Waals surface area contributed by atoms with Crippen molar-refractivity contribution in [3.8, 4) is 11.5 Å². The Balaban J connectivity index is 1.58. The molecule has 0 aliphatic rings. The molecule has 11 heteroatoms. The number of hydrogen-bond acceptors (Lipinski definition) is 8. The monoisotopic (exact) mass is 319 g/mol. The number of H-pyrrole nitrogens is 1. The molecule has 0 aromatic carbocycles. The van der Waals surface area contributed by atoms with Crippen molar-refractivity contribution < 1.29 is 9.21 Å². The molecule has 0 fully saturated rings. The number of pyridine rings is 1. The fourth-order valence-electron chi connectivity index (χ4n) is 1.50. The Morgan fingerprint density at radius 3 is 2.91 bits per heavy atom. The average Bonchev–Trinajstić information content (AvgIpc) is 3.16. The second-order valence-corrected chi connectivity index (χ2v) is 4.89. The number of nitrogens with zero attached hydrogens (tertiary/aromatic N) is 5. The highest BCUT2D eigenvalue weighted by Gasteiger charge is 2.11. The molecule has 0 saturated carbocycles. The Morgan fingerprint density at radius 2 is 2.18 bits per heavy atom. The molecule has 0 bridgehead atoms. The van der Waals surface area contributed by atoms with E-state index >= 15 is 0 Å². The molecule has 0 aliphatic carbocycles. The first-order valence-corrected chi connectivity index (χ1v) is 6.99. The van der Waals surface area contributed by atoms with Crippen LogP contribution in [0.1, 0.15) is 0 Å². The average molecular weight is 319 g/mol. The second-order valence-electron chi connectivity index (χ2n) is 3.96. The molecule has 3 aromatic rings. The van der Waals surface area contributed by atoms with E-state index in [1.807, 2.05) is 0 Å². The van der Waals surface area contributed by atoms with Crippen LogP contribution in [0.15, 0.2) is 45.3 Å². The smallest absolute Gasteiger partial charge is 0.362 e. The fraction of sp³-hybridized carbons (Fsp3) is 0.0909. The first-order chi connectivity index (χ1) is 10.7. The lowest BCUT2D eigenvalue weighted by Crippen LogP contribution is -2.31. The van der Waals surface area contributed by atoms with Crippen molar-refractivity contribution in [2.75, 3.05) is 11.2 Å². The van der Waals surface area contributed by atoms with Crippen LogP contribution in [0.3, 0.4) is 0 Å². The Morgan fingerprint density at radius 1 is 1.36 bits per heavy atom. The van der Waals surface area contributed by atoms with Crippen LogP contribution >= 0.6 is 11.8 Å². The molecule has 3 rings (SSSR count). The predicted octanol–water partition coefficient (Wildman–Crippen LogP) is -0.121. The van der Waals surface area contributed by atoms with Gasteiger partial charge in [-0.1, -0.05) is 11.8 Å². The molecule has 22 heavy (non-hydrogen) atoms. The third kappa shape index (κ3) is 3.20. The fourth-order valence-corrected chi connectivity index (χ4v) is 2.06. The molecule has 0 spiro atoms. The van der Waals surface area contributed by atoms with E-state index in [2.05, 4.69) is 30.8 Å². The van der Waals surface area contributed by atoms with Crippen molar-refractivity contribution in [2.24, 2.45) is 0 Å². The summed E-state index contributed by atoms with van der Waals surface area (Å²) in [5.74, 6) is -0.0520. The topological polar surface area (TPSA) is 132 Å².